The van der Waals surface area contributed by atoms with E-state index in [1.54, 1.807) is 0 Å². The molecule has 0 spiro atoms. The average Bonchev–Trinajstić information content (AvgIpc) is 2.67. The first-order valence-corrected chi connectivity index (χ1v) is 5.37. The molecule has 0 bridgehead atoms. The Morgan fingerprint density at radius 1 is 1.29 bits per heavy atom. The van der Waals surface area contributed by atoms with Crippen LogP contribution in [0.4, 0.5) is 0 Å². The van der Waals surface area contributed by atoms with E-state index in [1.807, 2.05) is 24.3 Å². The Labute approximate surface area is 89.1 Å². The number of carbonyl (C=O) groups excluding carboxylic acids is 1. The van der Waals surface area contributed by atoms with Crippen LogP contribution in [-0.4, -0.2) is 6.29 Å². The van der Waals surface area contributed by atoms with Gasteiger partial charge in [-0.2, -0.15) is 0 Å². The van der Waals surface area contributed by atoms with E-state index in [0.717, 1.165) is 42.6 Å². The van der Waals surface area contributed by atoms with Gasteiger partial charge in [-0.15, -0.1) is 0 Å². The summed E-state index contributed by atoms with van der Waals surface area (Å²) in [4.78, 5) is 11.2. The van der Waals surface area contributed by atoms with Gasteiger partial charge in [-0.3, -0.25) is 0 Å². The minimum absolute atomic E-state index is 0.245. The molecule has 1 nitrogen and oxygen atoms in total. The van der Waals surface area contributed by atoms with Crippen LogP contribution >= 0.6 is 11.6 Å². The van der Waals surface area contributed by atoms with Gasteiger partial charge in [-0.05, 0) is 30.5 Å². The average molecular weight is 209 g/mol. The van der Waals surface area contributed by atoms with Gasteiger partial charge in [0.1, 0.15) is 6.29 Å². The third-order valence-electron chi connectivity index (χ3n) is 3.12. The molecule has 0 atom stereocenters. The molecule has 0 saturated heterocycles. The summed E-state index contributed by atoms with van der Waals surface area (Å²) in [7, 11) is 0. The van der Waals surface area contributed by atoms with Crippen molar-refractivity contribution in [1.29, 1.82) is 0 Å². The first kappa shape index (κ1) is 9.72. The molecule has 1 saturated carbocycles. The van der Waals surface area contributed by atoms with E-state index in [4.69, 9.17) is 11.6 Å². The lowest BCUT2D eigenvalue weighted by Crippen LogP contribution is -2.23. The zero-order chi connectivity index (χ0) is 10.0. The number of aldehydes is 1. The Morgan fingerprint density at radius 3 is 2.57 bits per heavy atom. The fraction of sp³-hybridized carbons (Fsp3) is 0.417. The summed E-state index contributed by atoms with van der Waals surface area (Å²) in [5.41, 5.74) is 0.836. The molecule has 1 aromatic rings. The second-order valence-electron chi connectivity index (χ2n) is 3.99. The summed E-state index contributed by atoms with van der Waals surface area (Å²) in [5, 5.41) is 0.718. The van der Waals surface area contributed by atoms with E-state index in [2.05, 4.69) is 0 Å². The largest absolute Gasteiger partial charge is 0.302 e. The van der Waals surface area contributed by atoms with Crippen LogP contribution in [0, 0.1) is 0 Å². The number of hydrogen-bond donors (Lipinski definition) is 0. The van der Waals surface area contributed by atoms with Crippen LogP contribution in [0.2, 0.25) is 5.02 Å². The molecular formula is C12H13ClO. The third-order valence-corrected chi connectivity index (χ3v) is 3.36. The SMILES string of the molecule is O=CC1(c2cccc(Cl)c2)CCCC1. The first-order valence-electron chi connectivity index (χ1n) is 4.99. The number of rotatable bonds is 2. The molecule has 2 rings (SSSR count). The van der Waals surface area contributed by atoms with Gasteiger partial charge < -0.3 is 4.79 Å². The van der Waals surface area contributed by atoms with Crippen molar-refractivity contribution in [3.05, 3.63) is 34.9 Å². The molecule has 1 aromatic carbocycles. The van der Waals surface area contributed by atoms with Crippen molar-refractivity contribution in [2.45, 2.75) is 31.1 Å². The molecule has 0 amide bonds. The zero-order valence-electron chi connectivity index (χ0n) is 8.00. The highest BCUT2D eigenvalue weighted by Gasteiger charge is 2.35. The van der Waals surface area contributed by atoms with Gasteiger partial charge >= 0.3 is 0 Å². The van der Waals surface area contributed by atoms with Gasteiger partial charge in [0.05, 0.1) is 5.41 Å². The van der Waals surface area contributed by atoms with Gasteiger partial charge in [0.15, 0.2) is 0 Å². The molecule has 0 N–H and O–H groups in total. The zero-order valence-corrected chi connectivity index (χ0v) is 8.76. The van der Waals surface area contributed by atoms with Gasteiger partial charge in [0.25, 0.3) is 0 Å². The van der Waals surface area contributed by atoms with Crippen molar-refractivity contribution in [2.75, 3.05) is 0 Å². The summed E-state index contributed by atoms with van der Waals surface area (Å²) in [5.74, 6) is 0. The van der Waals surface area contributed by atoms with Crippen molar-refractivity contribution in [1.82, 2.24) is 0 Å². The van der Waals surface area contributed by atoms with E-state index >= 15 is 0 Å². The normalized spacial score (nSPS) is 19.5. The van der Waals surface area contributed by atoms with Crippen molar-refractivity contribution >= 4 is 17.9 Å². The first-order chi connectivity index (χ1) is 6.77. The van der Waals surface area contributed by atoms with Gasteiger partial charge in [-0.25, -0.2) is 0 Å². The standard InChI is InChI=1S/C12H13ClO/c13-11-5-3-4-10(8-11)12(9-14)6-1-2-7-12/h3-5,8-9H,1-2,6-7H2. The topological polar surface area (TPSA) is 17.1 Å². The summed E-state index contributed by atoms with van der Waals surface area (Å²) >= 11 is 5.93. The number of halogens is 1. The third kappa shape index (κ3) is 1.57. The Hall–Kier alpha value is -0.820. The Kier molecular flexibility index (Phi) is 2.60. The van der Waals surface area contributed by atoms with Crippen molar-refractivity contribution in [3.63, 3.8) is 0 Å². The fourth-order valence-electron chi connectivity index (χ4n) is 2.28. The second kappa shape index (κ2) is 3.74. The fourth-order valence-corrected chi connectivity index (χ4v) is 2.47. The van der Waals surface area contributed by atoms with E-state index in [1.165, 1.54) is 0 Å². The Bertz CT molecular complexity index is 340. The van der Waals surface area contributed by atoms with Crippen LogP contribution in [-0.2, 0) is 10.2 Å². The van der Waals surface area contributed by atoms with Crippen LogP contribution < -0.4 is 0 Å². The number of carbonyl (C=O) groups is 1. The maximum atomic E-state index is 11.2. The molecule has 14 heavy (non-hydrogen) atoms. The highest BCUT2D eigenvalue weighted by Crippen LogP contribution is 2.39. The van der Waals surface area contributed by atoms with Gasteiger partial charge in [0.2, 0.25) is 0 Å². The van der Waals surface area contributed by atoms with Crippen molar-refractivity contribution in [2.24, 2.45) is 0 Å². The molecule has 0 heterocycles. The van der Waals surface area contributed by atoms with E-state index in [9.17, 15) is 4.79 Å². The lowest BCUT2D eigenvalue weighted by molar-refractivity contribution is -0.112. The van der Waals surface area contributed by atoms with Gasteiger partial charge in [0, 0.05) is 5.02 Å². The summed E-state index contributed by atoms with van der Waals surface area (Å²) in [6, 6.07) is 7.69. The highest BCUT2D eigenvalue weighted by atomic mass is 35.5. The number of benzene rings is 1. The Morgan fingerprint density at radius 2 is 2.00 bits per heavy atom. The monoisotopic (exact) mass is 208 g/mol. The predicted octanol–water partition coefficient (Wildman–Crippen LogP) is 3.35. The molecule has 1 aliphatic rings. The van der Waals surface area contributed by atoms with Gasteiger partial charge in [-0.1, -0.05) is 36.6 Å². The van der Waals surface area contributed by atoms with Crippen molar-refractivity contribution < 1.29 is 4.79 Å². The second-order valence-corrected chi connectivity index (χ2v) is 4.43. The molecule has 0 radical (unpaired) electrons. The molecule has 0 aromatic heterocycles. The minimum Gasteiger partial charge on any atom is -0.302 e. The molecule has 1 fully saturated rings. The molecule has 0 unspecified atom stereocenters. The van der Waals surface area contributed by atoms with Crippen LogP contribution in [0.5, 0.6) is 0 Å². The van der Waals surface area contributed by atoms with Crippen LogP contribution in [0.25, 0.3) is 0 Å². The maximum Gasteiger partial charge on any atom is 0.130 e. The van der Waals surface area contributed by atoms with Crippen LogP contribution in [0.15, 0.2) is 24.3 Å². The van der Waals surface area contributed by atoms with Crippen LogP contribution in [0.1, 0.15) is 31.2 Å². The molecular weight excluding hydrogens is 196 g/mol. The van der Waals surface area contributed by atoms with E-state index < -0.39 is 0 Å². The summed E-state index contributed by atoms with van der Waals surface area (Å²) in [6.45, 7) is 0. The maximum absolute atomic E-state index is 11.2. The lowest BCUT2D eigenvalue weighted by atomic mass is 9.80. The van der Waals surface area contributed by atoms with E-state index in [-0.39, 0.29) is 5.41 Å². The highest BCUT2D eigenvalue weighted by molar-refractivity contribution is 6.30. The molecule has 1 aliphatic carbocycles. The lowest BCUT2D eigenvalue weighted by Gasteiger charge is -2.22. The van der Waals surface area contributed by atoms with Crippen LogP contribution in [0.3, 0.4) is 0 Å². The quantitative estimate of drug-likeness (QED) is 0.682. The Balaban J connectivity index is 2.40. The number of hydrogen-bond acceptors (Lipinski definition) is 1. The predicted molar refractivity (Wildman–Crippen MR) is 57.7 cm³/mol. The molecule has 2 heteroatoms. The smallest absolute Gasteiger partial charge is 0.130 e. The minimum atomic E-state index is -0.245. The summed E-state index contributed by atoms with van der Waals surface area (Å²) in [6.07, 6.45) is 5.33. The summed E-state index contributed by atoms with van der Waals surface area (Å²) < 4.78 is 0. The van der Waals surface area contributed by atoms with E-state index in [0.29, 0.717) is 0 Å². The molecule has 0 aliphatic heterocycles. The molecule has 74 valence electrons. The van der Waals surface area contributed by atoms with Crippen molar-refractivity contribution in [3.8, 4) is 0 Å².